The molecule has 33 heavy (non-hydrogen) atoms. The molecule has 0 aliphatic rings. The van der Waals surface area contributed by atoms with Gasteiger partial charge in [0.25, 0.3) is 5.91 Å². The molecule has 2 aromatic carbocycles. The summed E-state index contributed by atoms with van der Waals surface area (Å²) < 4.78 is 21.6. The van der Waals surface area contributed by atoms with Crippen LogP contribution in [-0.4, -0.2) is 39.3 Å². The van der Waals surface area contributed by atoms with E-state index in [4.69, 9.17) is 18.9 Å². The first-order valence-electron chi connectivity index (χ1n) is 10.4. The van der Waals surface area contributed by atoms with Crippen LogP contribution in [0, 0.1) is 0 Å². The normalized spacial score (nSPS) is 10.7. The van der Waals surface area contributed by atoms with E-state index in [0.717, 1.165) is 23.2 Å². The fraction of sp³-hybridized carbons (Fsp3) is 0.231. The molecule has 0 bridgehead atoms. The second-order valence-electron chi connectivity index (χ2n) is 7.10. The van der Waals surface area contributed by atoms with Crippen LogP contribution in [0.2, 0.25) is 0 Å². The first kappa shape index (κ1) is 23.7. The minimum atomic E-state index is -0.255. The summed E-state index contributed by atoms with van der Waals surface area (Å²) in [5.41, 5.74) is 3.72. The van der Waals surface area contributed by atoms with Gasteiger partial charge in [0.2, 0.25) is 5.75 Å². The van der Waals surface area contributed by atoms with Crippen LogP contribution < -0.4 is 24.3 Å². The van der Waals surface area contributed by atoms with Crippen LogP contribution in [0.15, 0.2) is 48.7 Å². The largest absolute Gasteiger partial charge is 0.495 e. The van der Waals surface area contributed by atoms with Gasteiger partial charge in [-0.15, -0.1) is 0 Å². The van der Waals surface area contributed by atoms with Crippen LogP contribution in [0.25, 0.3) is 12.2 Å². The molecule has 1 heterocycles. The van der Waals surface area contributed by atoms with Crippen LogP contribution in [0.1, 0.15) is 34.1 Å². The highest BCUT2D eigenvalue weighted by Crippen LogP contribution is 2.38. The molecule has 0 aliphatic heterocycles. The van der Waals surface area contributed by atoms with Crippen molar-refractivity contribution in [3.05, 3.63) is 71.0 Å². The van der Waals surface area contributed by atoms with E-state index >= 15 is 0 Å². The standard InChI is InChI=1S/C26H28N2O5/c1-6-20-11-10-19(16-27-20)26(29)28-21-13-17(9-12-22(21)30-2)7-8-18-14-23(31-3)25(33-5)24(15-18)32-4/h7-16H,6H2,1-5H3,(H,28,29). The van der Waals surface area contributed by atoms with Crippen LogP contribution in [0.3, 0.4) is 0 Å². The molecule has 0 atom stereocenters. The Kier molecular flexibility index (Phi) is 7.91. The number of hydrogen-bond donors (Lipinski definition) is 1. The maximum absolute atomic E-state index is 12.7. The Hall–Kier alpha value is -4.00. The van der Waals surface area contributed by atoms with Gasteiger partial charge in [-0.3, -0.25) is 9.78 Å². The van der Waals surface area contributed by atoms with Crippen molar-refractivity contribution < 1.29 is 23.7 Å². The number of rotatable bonds is 9. The molecule has 0 radical (unpaired) electrons. The first-order chi connectivity index (χ1) is 16.0. The zero-order valence-electron chi connectivity index (χ0n) is 19.5. The Balaban J connectivity index is 1.86. The van der Waals surface area contributed by atoms with Crippen molar-refractivity contribution >= 4 is 23.7 Å². The Morgan fingerprint density at radius 2 is 1.52 bits per heavy atom. The van der Waals surface area contributed by atoms with Gasteiger partial charge in [0.05, 0.1) is 39.7 Å². The molecule has 1 aromatic heterocycles. The predicted molar refractivity (Wildman–Crippen MR) is 130 cm³/mol. The summed E-state index contributed by atoms with van der Waals surface area (Å²) in [7, 11) is 6.29. The molecule has 7 nitrogen and oxygen atoms in total. The second kappa shape index (κ2) is 11.0. The van der Waals surface area contributed by atoms with E-state index in [9.17, 15) is 4.79 Å². The highest BCUT2D eigenvalue weighted by molar-refractivity contribution is 6.05. The summed E-state index contributed by atoms with van der Waals surface area (Å²) in [6.45, 7) is 2.02. The number of benzene rings is 2. The molecule has 3 aromatic rings. The summed E-state index contributed by atoms with van der Waals surface area (Å²) in [6, 6.07) is 12.9. The van der Waals surface area contributed by atoms with Gasteiger partial charge >= 0.3 is 0 Å². The van der Waals surface area contributed by atoms with E-state index in [1.54, 1.807) is 40.7 Å². The SMILES string of the molecule is CCc1ccc(C(=O)Nc2cc(C=Cc3cc(OC)c(OC)c(OC)c3)ccc2OC)cn1. The quantitative estimate of drug-likeness (QED) is 0.459. The van der Waals surface area contributed by atoms with Crippen LogP contribution >= 0.6 is 0 Å². The van der Waals surface area contributed by atoms with E-state index in [-0.39, 0.29) is 5.91 Å². The number of methoxy groups -OCH3 is 4. The van der Waals surface area contributed by atoms with Gasteiger partial charge in [-0.25, -0.2) is 0 Å². The number of carbonyl (C=O) groups is 1. The van der Waals surface area contributed by atoms with Crippen molar-refractivity contribution in [1.29, 1.82) is 0 Å². The van der Waals surface area contributed by atoms with E-state index in [1.165, 1.54) is 0 Å². The van der Waals surface area contributed by atoms with Crippen molar-refractivity contribution in [3.63, 3.8) is 0 Å². The van der Waals surface area contributed by atoms with Crippen molar-refractivity contribution in [2.75, 3.05) is 33.8 Å². The minimum Gasteiger partial charge on any atom is -0.495 e. The summed E-state index contributed by atoms with van der Waals surface area (Å²) in [4.78, 5) is 17.0. The van der Waals surface area contributed by atoms with Crippen molar-refractivity contribution in [2.24, 2.45) is 0 Å². The smallest absolute Gasteiger partial charge is 0.257 e. The van der Waals surface area contributed by atoms with Gasteiger partial charge in [0, 0.05) is 11.9 Å². The number of hydrogen-bond acceptors (Lipinski definition) is 6. The number of nitrogens with zero attached hydrogens (tertiary/aromatic N) is 1. The molecular weight excluding hydrogens is 420 g/mol. The van der Waals surface area contributed by atoms with Gasteiger partial charge < -0.3 is 24.3 Å². The highest BCUT2D eigenvalue weighted by Gasteiger charge is 2.13. The zero-order chi connectivity index (χ0) is 23.8. The molecule has 0 saturated carbocycles. The predicted octanol–water partition coefficient (Wildman–Crippen LogP) is 5.10. The number of aromatic nitrogens is 1. The molecule has 3 rings (SSSR count). The summed E-state index contributed by atoms with van der Waals surface area (Å²) in [6.07, 6.45) is 6.24. The third-order valence-corrected chi connectivity index (χ3v) is 5.08. The average molecular weight is 449 g/mol. The molecule has 0 aliphatic carbocycles. The topological polar surface area (TPSA) is 78.9 Å². The lowest BCUT2D eigenvalue weighted by molar-refractivity contribution is 0.102. The molecule has 1 amide bonds. The second-order valence-corrected chi connectivity index (χ2v) is 7.10. The number of pyridine rings is 1. The number of anilines is 1. The number of amides is 1. The Labute approximate surface area is 194 Å². The van der Waals surface area contributed by atoms with Gasteiger partial charge in [0.1, 0.15) is 5.75 Å². The minimum absolute atomic E-state index is 0.255. The summed E-state index contributed by atoms with van der Waals surface area (Å²) in [5, 5.41) is 2.91. The Morgan fingerprint density at radius 1 is 0.848 bits per heavy atom. The molecule has 0 spiro atoms. The summed E-state index contributed by atoms with van der Waals surface area (Å²) in [5.74, 6) is 1.98. The maximum Gasteiger partial charge on any atom is 0.257 e. The fourth-order valence-corrected chi connectivity index (χ4v) is 3.28. The Morgan fingerprint density at radius 3 is 2.06 bits per heavy atom. The molecule has 0 saturated heterocycles. The highest BCUT2D eigenvalue weighted by atomic mass is 16.5. The molecule has 7 heteroatoms. The number of aryl methyl sites for hydroxylation is 1. The third-order valence-electron chi connectivity index (χ3n) is 5.08. The molecular formula is C26H28N2O5. The van der Waals surface area contributed by atoms with E-state index in [0.29, 0.717) is 34.2 Å². The third kappa shape index (κ3) is 5.63. The van der Waals surface area contributed by atoms with Gasteiger partial charge in [-0.1, -0.05) is 25.1 Å². The van der Waals surface area contributed by atoms with Crippen LogP contribution in [-0.2, 0) is 6.42 Å². The van der Waals surface area contributed by atoms with Gasteiger partial charge in [-0.2, -0.15) is 0 Å². The zero-order valence-corrected chi connectivity index (χ0v) is 19.5. The molecule has 0 unspecified atom stereocenters. The molecule has 1 N–H and O–H groups in total. The lowest BCUT2D eigenvalue weighted by Gasteiger charge is -2.13. The van der Waals surface area contributed by atoms with Gasteiger partial charge in [0.15, 0.2) is 11.5 Å². The first-order valence-corrected chi connectivity index (χ1v) is 10.4. The number of ether oxygens (including phenoxy) is 4. The number of carbonyl (C=O) groups excluding carboxylic acids is 1. The van der Waals surface area contributed by atoms with Crippen molar-refractivity contribution in [3.8, 4) is 23.0 Å². The van der Waals surface area contributed by atoms with Crippen LogP contribution in [0.4, 0.5) is 5.69 Å². The number of nitrogens with one attached hydrogen (secondary N) is 1. The lowest BCUT2D eigenvalue weighted by Crippen LogP contribution is -2.13. The fourth-order valence-electron chi connectivity index (χ4n) is 3.28. The van der Waals surface area contributed by atoms with E-state index in [2.05, 4.69) is 10.3 Å². The monoisotopic (exact) mass is 448 g/mol. The maximum atomic E-state index is 12.7. The van der Waals surface area contributed by atoms with Crippen molar-refractivity contribution in [2.45, 2.75) is 13.3 Å². The van der Waals surface area contributed by atoms with E-state index < -0.39 is 0 Å². The average Bonchev–Trinajstić information content (AvgIpc) is 2.86. The molecule has 0 fully saturated rings. The van der Waals surface area contributed by atoms with E-state index in [1.807, 2.05) is 55.5 Å². The van der Waals surface area contributed by atoms with Crippen molar-refractivity contribution in [1.82, 2.24) is 4.98 Å². The van der Waals surface area contributed by atoms with Crippen LogP contribution in [0.5, 0.6) is 23.0 Å². The summed E-state index contributed by atoms with van der Waals surface area (Å²) >= 11 is 0. The Bertz CT molecular complexity index is 1110. The molecule has 172 valence electrons. The van der Waals surface area contributed by atoms with Gasteiger partial charge in [-0.05, 0) is 53.9 Å². The lowest BCUT2D eigenvalue weighted by atomic mass is 10.1.